The highest BCUT2D eigenvalue weighted by Crippen LogP contribution is 2.28. The van der Waals surface area contributed by atoms with Gasteiger partial charge in [-0.2, -0.15) is 5.26 Å². The zero-order chi connectivity index (χ0) is 13.0. The zero-order valence-electron chi connectivity index (χ0n) is 9.16. The number of nitro benzene ring substituents is 1. The molecular formula is C11H8N4O2S. The molecule has 0 aliphatic heterocycles. The Morgan fingerprint density at radius 1 is 1.56 bits per heavy atom. The van der Waals surface area contributed by atoms with E-state index in [9.17, 15) is 10.1 Å². The van der Waals surface area contributed by atoms with Crippen molar-refractivity contribution in [3.05, 3.63) is 50.5 Å². The van der Waals surface area contributed by atoms with Crippen molar-refractivity contribution < 1.29 is 4.92 Å². The van der Waals surface area contributed by atoms with E-state index >= 15 is 0 Å². The van der Waals surface area contributed by atoms with Gasteiger partial charge in [0.1, 0.15) is 17.3 Å². The standard InChI is InChI=1S/C11H8N4O2S/c12-4-8-2-1-3-10(11(8)15(16)17)14-6-9-5-13-7-18-9/h1-3,5,7,14H,6H2. The Morgan fingerprint density at radius 2 is 2.39 bits per heavy atom. The summed E-state index contributed by atoms with van der Waals surface area (Å²) in [6.07, 6.45) is 1.69. The van der Waals surface area contributed by atoms with Gasteiger partial charge in [-0.1, -0.05) is 6.07 Å². The van der Waals surface area contributed by atoms with E-state index < -0.39 is 4.92 Å². The summed E-state index contributed by atoms with van der Waals surface area (Å²) < 4.78 is 0. The third-order valence-corrected chi connectivity index (χ3v) is 3.06. The SMILES string of the molecule is N#Cc1cccc(NCc2cncs2)c1[N+](=O)[O-]. The summed E-state index contributed by atoms with van der Waals surface area (Å²) in [6, 6.07) is 6.44. The molecule has 1 aromatic heterocycles. The van der Waals surface area contributed by atoms with Crippen molar-refractivity contribution in [1.29, 1.82) is 5.26 Å². The van der Waals surface area contributed by atoms with Crippen LogP contribution in [0.5, 0.6) is 0 Å². The molecule has 90 valence electrons. The van der Waals surface area contributed by atoms with Crippen LogP contribution in [0.25, 0.3) is 0 Å². The maximum Gasteiger partial charge on any atom is 0.309 e. The fraction of sp³-hybridized carbons (Fsp3) is 0.0909. The van der Waals surface area contributed by atoms with Gasteiger partial charge >= 0.3 is 5.69 Å². The van der Waals surface area contributed by atoms with Crippen molar-refractivity contribution >= 4 is 22.7 Å². The molecule has 2 aromatic rings. The maximum atomic E-state index is 11.0. The fourth-order valence-corrected chi connectivity index (χ4v) is 2.02. The molecule has 0 aliphatic carbocycles. The quantitative estimate of drug-likeness (QED) is 0.673. The second-order valence-corrected chi connectivity index (χ2v) is 4.36. The number of para-hydroxylation sites is 1. The smallest absolute Gasteiger partial charge is 0.309 e. The molecule has 0 saturated heterocycles. The van der Waals surface area contributed by atoms with Gasteiger partial charge in [0.15, 0.2) is 0 Å². The van der Waals surface area contributed by atoms with Gasteiger partial charge in [0.2, 0.25) is 0 Å². The number of benzene rings is 1. The van der Waals surface area contributed by atoms with Crippen LogP contribution in [0, 0.1) is 21.4 Å². The predicted molar refractivity (Wildman–Crippen MR) is 67.3 cm³/mol. The van der Waals surface area contributed by atoms with Crippen molar-refractivity contribution in [2.75, 3.05) is 5.32 Å². The highest BCUT2D eigenvalue weighted by Gasteiger charge is 2.19. The Labute approximate surface area is 107 Å². The number of nitriles is 1. The minimum Gasteiger partial charge on any atom is -0.374 e. The van der Waals surface area contributed by atoms with Crippen molar-refractivity contribution in [2.45, 2.75) is 6.54 Å². The molecule has 6 nitrogen and oxygen atoms in total. The van der Waals surface area contributed by atoms with E-state index in [0.717, 1.165) is 4.88 Å². The summed E-state index contributed by atoms with van der Waals surface area (Å²) in [4.78, 5) is 15.3. The first-order valence-electron chi connectivity index (χ1n) is 5.01. The number of hydrogen-bond donors (Lipinski definition) is 1. The summed E-state index contributed by atoms with van der Waals surface area (Å²) in [5.41, 5.74) is 1.89. The van der Waals surface area contributed by atoms with Gasteiger partial charge in [0.25, 0.3) is 0 Å². The van der Waals surface area contributed by atoms with E-state index in [2.05, 4.69) is 10.3 Å². The number of nitro groups is 1. The second-order valence-electron chi connectivity index (χ2n) is 3.39. The topological polar surface area (TPSA) is 91.8 Å². The molecule has 0 atom stereocenters. The molecule has 1 N–H and O–H groups in total. The van der Waals surface area contributed by atoms with Gasteiger partial charge in [-0.3, -0.25) is 15.1 Å². The molecule has 0 aliphatic rings. The molecule has 0 radical (unpaired) electrons. The molecule has 0 amide bonds. The van der Waals surface area contributed by atoms with Gasteiger partial charge in [-0.25, -0.2) is 0 Å². The first-order valence-corrected chi connectivity index (χ1v) is 5.89. The van der Waals surface area contributed by atoms with Crippen molar-refractivity contribution in [3.63, 3.8) is 0 Å². The number of rotatable bonds is 4. The van der Waals surface area contributed by atoms with Crippen LogP contribution < -0.4 is 5.32 Å². The largest absolute Gasteiger partial charge is 0.374 e. The normalized spacial score (nSPS) is 9.72. The molecule has 0 unspecified atom stereocenters. The lowest BCUT2D eigenvalue weighted by Gasteiger charge is -2.06. The van der Waals surface area contributed by atoms with E-state index in [4.69, 9.17) is 5.26 Å². The highest BCUT2D eigenvalue weighted by atomic mass is 32.1. The first-order chi connectivity index (χ1) is 8.72. The van der Waals surface area contributed by atoms with Crippen molar-refractivity contribution in [1.82, 2.24) is 4.98 Å². The second kappa shape index (κ2) is 5.25. The van der Waals surface area contributed by atoms with Crippen LogP contribution in [0.2, 0.25) is 0 Å². The lowest BCUT2D eigenvalue weighted by molar-refractivity contribution is -0.384. The Hall–Kier alpha value is -2.46. The molecule has 2 rings (SSSR count). The van der Waals surface area contributed by atoms with Gasteiger partial charge in [0, 0.05) is 11.1 Å². The van der Waals surface area contributed by atoms with Gasteiger partial charge in [0.05, 0.1) is 17.0 Å². The summed E-state index contributed by atoms with van der Waals surface area (Å²) in [7, 11) is 0. The minimum atomic E-state index is -0.548. The monoisotopic (exact) mass is 260 g/mol. The summed E-state index contributed by atoms with van der Waals surface area (Å²) in [5.74, 6) is 0. The third-order valence-electron chi connectivity index (χ3n) is 2.28. The Balaban J connectivity index is 2.27. The average molecular weight is 260 g/mol. The Bertz CT molecular complexity index is 604. The van der Waals surface area contributed by atoms with E-state index in [0.29, 0.717) is 12.2 Å². The zero-order valence-corrected chi connectivity index (χ0v) is 9.98. The number of anilines is 1. The minimum absolute atomic E-state index is 0.0503. The molecule has 1 aromatic carbocycles. The number of thiazole rings is 1. The molecule has 18 heavy (non-hydrogen) atoms. The molecular weight excluding hydrogens is 252 g/mol. The van der Waals surface area contributed by atoms with Gasteiger partial charge < -0.3 is 5.32 Å². The maximum absolute atomic E-state index is 11.0. The fourth-order valence-electron chi connectivity index (χ4n) is 1.48. The third kappa shape index (κ3) is 2.44. The van der Waals surface area contributed by atoms with E-state index in [-0.39, 0.29) is 11.3 Å². The molecule has 1 heterocycles. The highest BCUT2D eigenvalue weighted by molar-refractivity contribution is 7.09. The molecule has 7 heteroatoms. The Kier molecular flexibility index (Phi) is 3.50. The molecule has 0 fully saturated rings. The van der Waals surface area contributed by atoms with Crippen LogP contribution in [0.3, 0.4) is 0 Å². The predicted octanol–water partition coefficient (Wildman–Crippen LogP) is 2.54. The average Bonchev–Trinajstić information content (AvgIpc) is 2.88. The van der Waals surface area contributed by atoms with Crippen molar-refractivity contribution in [3.8, 4) is 6.07 Å². The lowest BCUT2D eigenvalue weighted by atomic mass is 10.1. The number of nitrogens with zero attached hydrogens (tertiary/aromatic N) is 3. The first kappa shape index (κ1) is 12.0. The summed E-state index contributed by atoms with van der Waals surface area (Å²) in [6.45, 7) is 0.445. The lowest BCUT2D eigenvalue weighted by Crippen LogP contribution is -2.03. The van der Waals surface area contributed by atoms with Crippen LogP contribution in [-0.2, 0) is 6.54 Å². The molecule has 0 saturated carbocycles. The van der Waals surface area contributed by atoms with Crippen LogP contribution in [0.4, 0.5) is 11.4 Å². The summed E-state index contributed by atoms with van der Waals surface area (Å²) in [5, 5.41) is 22.8. The molecule has 0 bridgehead atoms. The number of hydrogen-bond acceptors (Lipinski definition) is 6. The van der Waals surface area contributed by atoms with Crippen LogP contribution >= 0.6 is 11.3 Å². The van der Waals surface area contributed by atoms with E-state index in [1.807, 2.05) is 6.07 Å². The van der Waals surface area contributed by atoms with Gasteiger partial charge in [-0.05, 0) is 12.1 Å². The van der Waals surface area contributed by atoms with Gasteiger partial charge in [-0.15, -0.1) is 11.3 Å². The Morgan fingerprint density at radius 3 is 3.00 bits per heavy atom. The van der Waals surface area contributed by atoms with Crippen LogP contribution in [0.1, 0.15) is 10.4 Å². The van der Waals surface area contributed by atoms with Crippen LogP contribution in [-0.4, -0.2) is 9.91 Å². The van der Waals surface area contributed by atoms with E-state index in [1.165, 1.54) is 17.4 Å². The number of nitrogens with one attached hydrogen (secondary N) is 1. The molecule has 0 spiro atoms. The van der Waals surface area contributed by atoms with Crippen molar-refractivity contribution in [2.24, 2.45) is 0 Å². The van der Waals surface area contributed by atoms with E-state index in [1.54, 1.807) is 23.8 Å². The summed E-state index contributed by atoms with van der Waals surface area (Å²) >= 11 is 1.46. The number of aromatic nitrogens is 1. The van der Waals surface area contributed by atoms with Crippen LogP contribution in [0.15, 0.2) is 29.9 Å².